The van der Waals surface area contributed by atoms with E-state index in [1.807, 2.05) is 6.92 Å². The molecule has 2 heteroatoms. The normalized spacial score (nSPS) is 10.5. The maximum Gasteiger partial charge on any atom is 0.123 e. The number of nitrogens with zero attached hydrogens (tertiary/aromatic N) is 1. The highest BCUT2D eigenvalue weighted by molar-refractivity contribution is 5.68. The Labute approximate surface area is 71.3 Å². The van der Waals surface area contributed by atoms with Crippen molar-refractivity contribution in [3.63, 3.8) is 0 Å². The van der Waals surface area contributed by atoms with Gasteiger partial charge < -0.3 is 0 Å². The molecule has 62 valence electrons. The van der Waals surface area contributed by atoms with Crippen LogP contribution in [0.2, 0.25) is 0 Å². The van der Waals surface area contributed by atoms with Crippen molar-refractivity contribution in [2.45, 2.75) is 6.92 Å². The Hall–Kier alpha value is -1.44. The lowest BCUT2D eigenvalue weighted by Crippen LogP contribution is -1.78. The lowest BCUT2D eigenvalue weighted by Gasteiger charge is -1.98. The summed E-state index contributed by atoms with van der Waals surface area (Å²) in [7, 11) is 0. The van der Waals surface area contributed by atoms with Gasteiger partial charge in [-0.1, -0.05) is 12.7 Å². The second kappa shape index (κ2) is 3.81. The summed E-state index contributed by atoms with van der Waals surface area (Å²) in [5.74, 6) is -0.264. The zero-order valence-electron chi connectivity index (χ0n) is 6.92. The van der Waals surface area contributed by atoms with E-state index in [1.165, 1.54) is 12.1 Å². The molecule has 0 amide bonds. The van der Waals surface area contributed by atoms with Crippen LogP contribution in [0.5, 0.6) is 0 Å². The number of hydrogen-bond acceptors (Lipinski definition) is 1. The molecular weight excluding hydrogens is 153 g/mol. The summed E-state index contributed by atoms with van der Waals surface area (Å²) in [5, 5.41) is 0. The van der Waals surface area contributed by atoms with Crippen LogP contribution < -0.4 is 0 Å². The van der Waals surface area contributed by atoms with Crippen molar-refractivity contribution in [2.24, 2.45) is 4.99 Å². The summed E-state index contributed by atoms with van der Waals surface area (Å²) in [6, 6.07) is 4.43. The Bertz CT molecular complexity index is 316. The van der Waals surface area contributed by atoms with Crippen molar-refractivity contribution in [3.05, 3.63) is 36.2 Å². The van der Waals surface area contributed by atoms with Crippen molar-refractivity contribution in [1.29, 1.82) is 0 Å². The predicted octanol–water partition coefficient (Wildman–Crippen LogP) is 3.19. The summed E-state index contributed by atoms with van der Waals surface area (Å²) in [5.41, 5.74) is 1.46. The van der Waals surface area contributed by atoms with Gasteiger partial charge in [0.1, 0.15) is 5.82 Å². The van der Waals surface area contributed by atoms with Crippen molar-refractivity contribution >= 4 is 18.0 Å². The molecule has 1 aromatic rings. The van der Waals surface area contributed by atoms with Gasteiger partial charge in [-0.15, -0.1) is 0 Å². The topological polar surface area (TPSA) is 12.4 Å². The minimum Gasteiger partial charge on any atom is -0.261 e. The van der Waals surface area contributed by atoms with E-state index < -0.39 is 0 Å². The highest BCUT2D eigenvalue weighted by atomic mass is 19.1. The molecule has 0 bridgehead atoms. The first kappa shape index (κ1) is 8.65. The van der Waals surface area contributed by atoms with Gasteiger partial charge in [0.05, 0.1) is 5.69 Å². The van der Waals surface area contributed by atoms with E-state index in [9.17, 15) is 4.39 Å². The van der Waals surface area contributed by atoms with Crippen molar-refractivity contribution in [1.82, 2.24) is 0 Å². The number of halogens is 1. The van der Waals surface area contributed by atoms with E-state index in [2.05, 4.69) is 11.6 Å². The van der Waals surface area contributed by atoms with Gasteiger partial charge in [-0.25, -0.2) is 4.39 Å². The number of aliphatic imine (C=N–C) groups is 1. The first-order valence-corrected chi connectivity index (χ1v) is 3.68. The fourth-order valence-electron chi connectivity index (χ4n) is 0.946. The zero-order chi connectivity index (χ0) is 8.97. The molecule has 0 saturated heterocycles. The molecule has 12 heavy (non-hydrogen) atoms. The first-order chi connectivity index (χ1) is 5.77. The summed E-state index contributed by atoms with van der Waals surface area (Å²) in [4.78, 5) is 4.06. The molecule has 1 rings (SSSR count). The molecule has 0 atom stereocenters. The molecule has 0 N–H and O–H groups in total. The lowest BCUT2D eigenvalue weighted by atomic mass is 10.2. The van der Waals surface area contributed by atoms with Crippen LogP contribution in [0.25, 0.3) is 6.08 Å². The Morgan fingerprint density at radius 2 is 2.25 bits per heavy atom. The maximum absolute atomic E-state index is 12.7. The SMILES string of the molecule is C=Cc1cc(F)ccc1/N=C\C. The smallest absolute Gasteiger partial charge is 0.123 e. The Morgan fingerprint density at radius 3 is 2.83 bits per heavy atom. The number of rotatable bonds is 2. The largest absolute Gasteiger partial charge is 0.261 e. The van der Waals surface area contributed by atoms with Crippen molar-refractivity contribution < 1.29 is 4.39 Å². The second-order valence-electron chi connectivity index (χ2n) is 2.29. The monoisotopic (exact) mass is 163 g/mol. The molecule has 0 aliphatic heterocycles. The summed E-state index contributed by atoms with van der Waals surface area (Å²) in [6.45, 7) is 5.39. The molecule has 0 heterocycles. The van der Waals surface area contributed by atoms with Gasteiger partial charge in [-0.2, -0.15) is 0 Å². The number of benzene rings is 1. The predicted molar refractivity (Wildman–Crippen MR) is 50.3 cm³/mol. The van der Waals surface area contributed by atoms with E-state index in [1.54, 1.807) is 18.4 Å². The van der Waals surface area contributed by atoms with Gasteiger partial charge in [-0.3, -0.25) is 4.99 Å². The van der Waals surface area contributed by atoms with Crippen LogP contribution in [0.15, 0.2) is 29.8 Å². The second-order valence-corrected chi connectivity index (χ2v) is 2.29. The van der Waals surface area contributed by atoms with E-state index in [4.69, 9.17) is 0 Å². The molecule has 0 aliphatic carbocycles. The average Bonchev–Trinajstić information content (AvgIpc) is 2.08. The van der Waals surface area contributed by atoms with Crippen molar-refractivity contribution in [2.75, 3.05) is 0 Å². The van der Waals surface area contributed by atoms with Gasteiger partial charge in [0, 0.05) is 11.8 Å². The third-order valence-electron chi connectivity index (χ3n) is 1.48. The van der Waals surface area contributed by atoms with E-state index in [-0.39, 0.29) is 5.82 Å². The third kappa shape index (κ3) is 1.78. The Morgan fingerprint density at radius 1 is 1.50 bits per heavy atom. The molecule has 1 nitrogen and oxygen atoms in total. The molecule has 0 spiro atoms. The van der Waals surface area contributed by atoms with Crippen LogP contribution in [0, 0.1) is 5.82 Å². The van der Waals surface area contributed by atoms with Crippen LogP contribution >= 0.6 is 0 Å². The fraction of sp³-hybridized carbons (Fsp3) is 0.100. The molecule has 0 saturated carbocycles. The highest BCUT2D eigenvalue weighted by Gasteiger charge is 1.97. The Balaban J connectivity index is 3.19. The molecule has 1 aromatic carbocycles. The minimum absolute atomic E-state index is 0.264. The average molecular weight is 163 g/mol. The van der Waals surface area contributed by atoms with Gasteiger partial charge in [0.25, 0.3) is 0 Å². The molecule has 0 aliphatic rings. The summed E-state index contributed by atoms with van der Waals surface area (Å²) in [6.07, 6.45) is 3.26. The summed E-state index contributed by atoms with van der Waals surface area (Å²) >= 11 is 0. The number of hydrogen-bond donors (Lipinski definition) is 0. The van der Waals surface area contributed by atoms with E-state index in [0.29, 0.717) is 5.56 Å². The van der Waals surface area contributed by atoms with Crippen LogP contribution in [-0.2, 0) is 0 Å². The highest BCUT2D eigenvalue weighted by Crippen LogP contribution is 2.20. The molecule has 0 fully saturated rings. The van der Waals surface area contributed by atoms with Gasteiger partial charge in [-0.05, 0) is 25.1 Å². The molecule has 0 radical (unpaired) electrons. The van der Waals surface area contributed by atoms with E-state index >= 15 is 0 Å². The quantitative estimate of drug-likeness (QED) is 0.594. The van der Waals surface area contributed by atoms with Gasteiger partial charge in [0.15, 0.2) is 0 Å². The zero-order valence-corrected chi connectivity index (χ0v) is 6.92. The van der Waals surface area contributed by atoms with Crippen LogP contribution in [0.3, 0.4) is 0 Å². The Kier molecular flexibility index (Phi) is 2.75. The van der Waals surface area contributed by atoms with Gasteiger partial charge >= 0.3 is 0 Å². The summed E-state index contributed by atoms with van der Waals surface area (Å²) < 4.78 is 12.7. The van der Waals surface area contributed by atoms with Crippen LogP contribution in [0.4, 0.5) is 10.1 Å². The van der Waals surface area contributed by atoms with Crippen LogP contribution in [0.1, 0.15) is 12.5 Å². The van der Waals surface area contributed by atoms with Crippen LogP contribution in [-0.4, -0.2) is 6.21 Å². The third-order valence-corrected chi connectivity index (χ3v) is 1.48. The van der Waals surface area contributed by atoms with Gasteiger partial charge in [0.2, 0.25) is 0 Å². The standard InChI is InChI=1S/C10H10FN/c1-3-8-7-9(11)5-6-10(8)12-4-2/h3-7H,1H2,2H3/b12-4-. The van der Waals surface area contributed by atoms with Crippen molar-refractivity contribution in [3.8, 4) is 0 Å². The first-order valence-electron chi connectivity index (χ1n) is 3.68. The fourth-order valence-corrected chi connectivity index (χ4v) is 0.946. The maximum atomic E-state index is 12.7. The minimum atomic E-state index is -0.264. The molecular formula is C10H10FN. The van der Waals surface area contributed by atoms with E-state index in [0.717, 1.165) is 5.69 Å². The molecule has 0 aromatic heterocycles. The lowest BCUT2D eigenvalue weighted by molar-refractivity contribution is 0.627. The molecule has 0 unspecified atom stereocenters.